The molecular weight excluding hydrogens is 259 g/mol. The molecule has 2 rings (SSSR count). The fraction of sp³-hybridized carbons (Fsp3) is 0.417. The van der Waals surface area contributed by atoms with Crippen LogP contribution in [-0.2, 0) is 0 Å². The molecule has 0 radical (unpaired) electrons. The fourth-order valence-electron chi connectivity index (χ4n) is 1.57. The molecule has 1 aliphatic rings. The van der Waals surface area contributed by atoms with Crippen LogP contribution < -0.4 is 5.32 Å². The lowest BCUT2D eigenvalue weighted by molar-refractivity contribution is 0.507. The summed E-state index contributed by atoms with van der Waals surface area (Å²) in [5.41, 5.74) is 0.587. The lowest BCUT2D eigenvalue weighted by Crippen LogP contribution is -2.27. The van der Waals surface area contributed by atoms with Gasteiger partial charge >= 0.3 is 0 Å². The Kier molecular flexibility index (Phi) is 3.64. The minimum atomic E-state index is -0.347. The van der Waals surface area contributed by atoms with E-state index in [4.69, 9.17) is 11.6 Å². The van der Waals surface area contributed by atoms with Gasteiger partial charge in [-0.1, -0.05) is 23.4 Å². The summed E-state index contributed by atoms with van der Waals surface area (Å²) < 4.78 is 13.2. The number of rotatable bonds is 1. The number of anilines is 1. The number of hydrogen-bond acceptors (Lipinski definition) is 3. The van der Waals surface area contributed by atoms with Crippen molar-refractivity contribution in [1.82, 2.24) is 0 Å². The molecule has 0 spiro atoms. The van der Waals surface area contributed by atoms with Crippen LogP contribution >= 0.6 is 23.4 Å². The second-order valence-corrected chi connectivity index (χ2v) is 6.13. The summed E-state index contributed by atoms with van der Waals surface area (Å²) in [6.07, 6.45) is 1.05. The Morgan fingerprint density at radius 2 is 2.18 bits per heavy atom. The van der Waals surface area contributed by atoms with E-state index in [1.54, 1.807) is 17.8 Å². The highest BCUT2D eigenvalue weighted by Gasteiger charge is 2.22. The van der Waals surface area contributed by atoms with E-state index in [1.807, 2.05) is 0 Å². The van der Waals surface area contributed by atoms with Crippen LogP contribution in [0.25, 0.3) is 0 Å². The van der Waals surface area contributed by atoms with Gasteiger partial charge in [0.1, 0.15) is 5.82 Å². The minimum Gasteiger partial charge on any atom is -0.335 e. The Balaban J connectivity index is 2.18. The molecule has 1 aromatic rings. The van der Waals surface area contributed by atoms with Gasteiger partial charge in [-0.2, -0.15) is 0 Å². The van der Waals surface area contributed by atoms with Crippen molar-refractivity contribution in [3.63, 3.8) is 0 Å². The zero-order valence-corrected chi connectivity index (χ0v) is 11.3. The molecule has 5 heteroatoms. The van der Waals surface area contributed by atoms with E-state index in [-0.39, 0.29) is 11.4 Å². The maximum absolute atomic E-state index is 13.2. The zero-order valence-electron chi connectivity index (χ0n) is 9.76. The molecule has 0 saturated carbocycles. The first-order valence-corrected chi connectivity index (χ1v) is 6.77. The Morgan fingerprint density at radius 1 is 1.41 bits per heavy atom. The third-order valence-corrected chi connectivity index (χ3v) is 3.56. The average Bonchev–Trinajstić information content (AvgIpc) is 2.13. The maximum atomic E-state index is 13.2. The molecule has 0 unspecified atom stereocenters. The van der Waals surface area contributed by atoms with Crippen molar-refractivity contribution in [2.45, 2.75) is 25.8 Å². The fourth-order valence-corrected chi connectivity index (χ4v) is 3.09. The quantitative estimate of drug-likeness (QED) is 0.830. The van der Waals surface area contributed by atoms with E-state index in [0.29, 0.717) is 10.7 Å². The summed E-state index contributed by atoms with van der Waals surface area (Å²) >= 11 is 7.44. The van der Waals surface area contributed by atoms with Crippen molar-refractivity contribution in [2.75, 3.05) is 11.1 Å². The van der Waals surface area contributed by atoms with E-state index >= 15 is 0 Å². The predicted octanol–water partition coefficient (Wildman–Crippen LogP) is 4.16. The number of nitrogens with one attached hydrogen (secondary N) is 1. The normalized spacial score (nSPS) is 18.7. The van der Waals surface area contributed by atoms with Crippen LogP contribution in [0.2, 0.25) is 5.02 Å². The Hall–Kier alpha value is -0.740. The first-order valence-electron chi connectivity index (χ1n) is 5.40. The number of nitrogens with zero attached hydrogens (tertiary/aromatic N) is 1. The molecule has 17 heavy (non-hydrogen) atoms. The molecule has 2 nitrogen and oxygen atoms in total. The molecule has 0 amide bonds. The highest BCUT2D eigenvalue weighted by atomic mass is 35.5. The van der Waals surface area contributed by atoms with Crippen LogP contribution in [0.15, 0.2) is 23.2 Å². The summed E-state index contributed by atoms with van der Waals surface area (Å²) in [6, 6.07) is 4.39. The van der Waals surface area contributed by atoms with Crippen LogP contribution in [-0.4, -0.2) is 16.5 Å². The van der Waals surface area contributed by atoms with Crippen molar-refractivity contribution >= 4 is 34.2 Å². The largest absolute Gasteiger partial charge is 0.335 e. The Labute approximate surface area is 110 Å². The standard InChI is InChI=1S/C12H14ClFN2S/c1-12(2)3-4-17-11(16-12)15-10-6-8(13)5-9(14)7-10/h5-7H,3-4H2,1-2H3,(H,15,16). The number of aliphatic imine (C=N–C) groups is 1. The van der Waals surface area contributed by atoms with E-state index in [1.165, 1.54) is 12.1 Å². The van der Waals surface area contributed by atoms with Crippen LogP contribution in [0.3, 0.4) is 0 Å². The maximum Gasteiger partial charge on any atom is 0.161 e. The average molecular weight is 273 g/mol. The summed E-state index contributed by atoms with van der Waals surface area (Å²) in [5, 5.41) is 4.31. The molecule has 1 aliphatic heterocycles. The van der Waals surface area contributed by atoms with Gasteiger partial charge in [-0.05, 0) is 38.5 Å². The monoisotopic (exact) mass is 272 g/mol. The summed E-state index contributed by atoms with van der Waals surface area (Å²) in [7, 11) is 0. The van der Waals surface area contributed by atoms with Crippen LogP contribution in [0.5, 0.6) is 0 Å². The second-order valence-electron chi connectivity index (χ2n) is 4.61. The predicted molar refractivity (Wildman–Crippen MR) is 73.6 cm³/mol. The SMILES string of the molecule is CC1(C)CCSC(Nc2cc(F)cc(Cl)c2)=N1. The molecule has 0 atom stereocenters. The molecule has 0 aliphatic carbocycles. The van der Waals surface area contributed by atoms with Gasteiger partial charge in [-0.25, -0.2) is 4.39 Å². The molecule has 1 N–H and O–H groups in total. The molecule has 1 aromatic carbocycles. The van der Waals surface area contributed by atoms with Crippen molar-refractivity contribution in [3.05, 3.63) is 29.0 Å². The molecule has 0 aromatic heterocycles. The number of amidine groups is 1. The van der Waals surface area contributed by atoms with Crippen LogP contribution in [0, 0.1) is 5.82 Å². The summed E-state index contributed by atoms with van der Waals surface area (Å²) in [6.45, 7) is 4.18. The first-order chi connectivity index (χ1) is 7.94. The van der Waals surface area contributed by atoms with Gasteiger partial charge < -0.3 is 5.32 Å². The van der Waals surface area contributed by atoms with Crippen LogP contribution in [0.4, 0.5) is 10.1 Å². The van der Waals surface area contributed by atoms with Gasteiger partial charge in [-0.3, -0.25) is 4.99 Å². The van der Waals surface area contributed by atoms with Gasteiger partial charge in [0.25, 0.3) is 0 Å². The molecule has 0 fully saturated rings. The van der Waals surface area contributed by atoms with Gasteiger partial charge in [-0.15, -0.1) is 0 Å². The second kappa shape index (κ2) is 4.86. The number of thioether (sulfide) groups is 1. The van der Waals surface area contributed by atoms with Crippen molar-refractivity contribution < 1.29 is 4.39 Å². The van der Waals surface area contributed by atoms with E-state index < -0.39 is 0 Å². The summed E-state index contributed by atoms with van der Waals surface area (Å²) in [4.78, 5) is 4.57. The third kappa shape index (κ3) is 3.61. The van der Waals surface area contributed by atoms with Gasteiger partial charge in [0.2, 0.25) is 0 Å². The molecule has 1 heterocycles. The topological polar surface area (TPSA) is 24.4 Å². The van der Waals surface area contributed by atoms with Crippen molar-refractivity contribution in [2.24, 2.45) is 4.99 Å². The highest BCUT2D eigenvalue weighted by Crippen LogP contribution is 2.27. The van der Waals surface area contributed by atoms with E-state index in [9.17, 15) is 4.39 Å². The summed E-state index contributed by atoms with van der Waals surface area (Å²) in [5.74, 6) is 0.669. The van der Waals surface area contributed by atoms with Crippen molar-refractivity contribution in [1.29, 1.82) is 0 Å². The minimum absolute atomic E-state index is 0.0509. The lowest BCUT2D eigenvalue weighted by atomic mass is 10.0. The Morgan fingerprint density at radius 3 is 2.82 bits per heavy atom. The van der Waals surface area contributed by atoms with E-state index in [2.05, 4.69) is 24.2 Å². The van der Waals surface area contributed by atoms with Gasteiger partial charge in [0.05, 0.1) is 5.54 Å². The van der Waals surface area contributed by atoms with E-state index in [0.717, 1.165) is 17.3 Å². The molecule has 92 valence electrons. The number of halogens is 2. The van der Waals surface area contributed by atoms with Gasteiger partial charge in [0.15, 0.2) is 5.17 Å². The van der Waals surface area contributed by atoms with Crippen molar-refractivity contribution in [3.8, 4) is 0 Å². The van der Waals surface area contributed by atoms with Crippen LogP contribution in [0.1, 0.15) is 20.3 Å². The smallest absolute Gasteiger partial charge is 0.161 e. The molecule has 0 saturated heterocycles. The zero-order chi connectivity index (χ0) is 12.5. The third-order valence-electron chi connectivity index (χ3n) is 2.47. The highest BCUT2D eigenvalue weighted by molar-refractivity contribution is 8.14. The first kappa shape index (κ1) is 12.7. The number of hydrogen-bond donors (Lipinski definition) is 1. The Bertz CT molecular complexity index is 440. The number of benzene rings is 1. The molecular formula is C12H14ClFN2S. The van der Waals surface area contributed by atoms with Gasteiger partial charge in [0, 0.05) is 16.5 Å². The lowest BCUT2D eigenvalue weighted by Gasteiger charge is -2.26. The molecule has 0 bridgehead atoms.